The quantitative estimate of drug-likeness (QED) is 0.595. The first-order valence-corrected chi connectivity index (χ1v) is 12.3. The number of rotatable bonds is 7. The van der Waals surface area contributed by atoms with Crippen molar-refractivity contribution in [3.05, 3.63) is 59.7 Å². The number of piperidine rings is 1. The van der Waals surface area contributed by atoms with E-state index in [2.05, 4.69) is 0 Å². The third kappa shape index (κ3) is 5.30. The van der Waals surface area contributed by atoms with Gasteiger partial charge in [0, 0.05) is 13.1 Å². The summed E-state index contributed by atoms with van der Waals surface area (Å²) in [5, 5.41) is 0. The number of esters is 1. The Bertz CT molecular complexity index is 1060. The number of aryl methyl sites for hydroxylation is 2. The lowest BCUT2D eigenvalue weighted by Crippen LogP contribution is -2.46. The molecule has 0 saturated carbocycles. The first-order valence-electron chi connectivity index (χ1n) is 10.8. The van der Waals surface area contributed by atoms with Crippen LogP contribution in [0, 0.1) is 19.8 Å². The Balaban J connectivity index is 1.83. The minimum absolute atomic E-state index is 0.132. The Kier molecular flexibility index (Phi) is 7.56. The number of likely N-dealkylation sites (tertiary alicyclic amines) is 1. The fraction of sp³-hybridized carbons (Fsp3) is 0.417. The van der Waals surface area contributed by atoms with Gasteiger partial charge in [-0.1, -0.05) is 24.3 Å². The third-order valence-corrected chi connectivity index (χ3v) is 7.64. The number of ether oxygens (including phenoxy) is 1. The molecule has 172 valence electrons. The van der Waals surface area contributed by atoms with Crippen molar-refractivity contribution in [1.29, 1.82) is 0 Å². The van der Waals surface area contributed by atoms with Crippen LogP contribution in [0.5, 0.6) is 0 Å². The topological polar surface area (TPSA) is 84.0 Å². The molecule has 2 aromatic rings. The van der Waals surface area contributed by atoms with E-state index >= 15 is 0 Å². The third-order valence-electron chi connectivity index (χ3n) is 5.86. The molecule has 0 aromatic heterocycles. The Labute approximate surface area is 190 Å². The molecular weight excluding hydrogens is 428 g/mol. The molecule has 0 bridgehead atoms. The molecule has 32 heavy (non-hydrogen) atoms. The molecule has 1 saturated heterocycles. The number of benzene rings is 2. The second-order valence-electron chi connectivity index (χ2n) is 8.00. The van der Waals surface area contributed by atoms with Gasteiger partial charge in [0.05, 0.1) is 23.1 Å². The summed E-state index contributed by atoms with van der Waals surface area (Å²) in [5.74, 6) is -0.740. The van der Waals surface area contributed by atoms with Crippen LogP contribution >= 0.6 is 0 Å². The molecule has 1 aliphatic rings. The first kappa shape index (κ1) is 23.8. The summed E-state index contributed by atoms with van der Waals surface area (Å²) in [7, 11) is -3.94. The van der Waals surface area contributed by atoms with E-state index in [1.165, 1.54) is 16.4 Å². The maximum absolute atomic E-state index is 13.5. The van der Waals surface area contributed by atoms with Crippen LogP contribution in [0.4, 0.5) is 5.69 Å². The van der Waals surface area contributed by atoms with Gasteiger partial charge in [-0.2, -0.15) is 0 Å². The van der Waals surface area contributed by atoms with Crippen molar-refractivity contribution in [2.75, 3.05) is 30.5 Å². The summed E-state index contributed by atoms with van der Waals surface area (Å²) >= 11 is 0. The predicted molar refractivity (Wildman–Crippen MR) is 123 cm³/mol. The van der Waals surface area contributed by atoms with E-state index in [9.17, 15) is 18.0 Å². The maximum atomic E-state index is 13.5. The highest BCUT2D eigenvalue weighted by Gasteiger charge is 2.32. The lowest BCUT2D eigenvalue weighted by atomic mass is 9.97. The summed E-state index contributed by atoms with van der Waals surface area (Å²) in [4.78, 5) is 26.9. The van der Waals surface area contributed by atoms with Gasteiger partial charge in [-0.15, -0.1) is 0 Å². The van der Waals surface area contributed by atoms with Crippen molar-refractivity contribution in [3.8, 4) is 0 Å². The van der Waals surface area contributed by atoms with Gasteiger partial charge in [0.2, 0.25) is 5.91 Å². The number of carbonyl (C=O) groups is 2. The van der Waals surface area contributed by atoms with Gasteiger partial charge in [-0.3, -0.25) is 13.9 Å². The number of amides is 1. The van der Waals surface area contributed by atoms with Crippen LogP contribution in [-0.4, -0.2) is 51.4 Å². The van der Waals surface area contributed by atoms with Crippen LogP contribution in [0.2, 0.25) is 0 Å². The van der Waals surface area contributed by atoms with Gasteiger partial charge < -0.3 is 9.64 Å². The molecule has 7 nitrogen and oxygen atoms in total. The van der Waals surface area contributed by atoms with Crippen LogP contribution in [0.25, 0.3) is 0 Å². The van der Waals surface area contributed by atoms with Crippen LogP contribution in [0.3, 0.4) is 0 Å². The lowest BCUT2D eigenvalue weighted by Gasteiger charge is -2.33. The van der Waals surface area contributed by atoms with Crippen LogP contribution in [0.1, 0.15) is 30.9 Å². The normalized spacial score (nSPS) is 14.8. The highest BCUT2D eigenvalue weighted by Crippen LogP contribution is 2.27. The van der Waals surface area contributed by atoms with E-state index in [0.717, 1.165) is 11.1 Å². The summed E-state index contributed by atoms with van der Waals surface area (Å²) < 4.78 is 33.2. The molecule has 0 radical (unpaired) electrons. The maximum Gasteiger partial charge on any atom is 0.309 e. The van der Waals surface area contributed by atoms with Crippen molar-refractivity contribution < 1.29 is 22.7 Å². The van der Waals surface area contributed by atoms with E-state index < -0.39 is 10.0 Å². The molecule has 8 heteroatoms. The van der Waals surface area contributed by atoms with E-state index in [-0.39, 0.29) is 29.2 Å². The van der Waals surface area contributed by atoms with Crippen LogP contribution in [-0.2, 0) is 24.3 Å². The van der Waals surface area contributed by atoms with Crippen molar-refractivity contribution in [1.82, 2.24) is 4.90 Å². The molecule has 0 unspecified atom stereocenters. The molecule has 1 amide bonds. The van der Waals surface area contributed by atoms with E-state index in [1.54, 1.807) is 42.2 Å². The van der Waals surface area contributed by atoms with Gasteiger partial charge in [0.25, 0.3) is 10.0 Å². The van der Waals surface area contributed by atoms with Gasteiger partial charge in [0.1, 0.15) is 6.54 Å². The number of nitrogens with zero attached hydrogens (tertiary/aromatic N) is 2. The molecule has 1 heterocycles. The number of hydrogen-bond acceptors (Lipinski definition) is 5. The molecule has 0 spiro atoms. The summed E-state index contributed by atoms with van der Waals surface area (Å²) in [6.07, 6.45) is 1.03. The summed E-state index contributed by atoms with van der Waals surface area (Å²) in [6, 6.07) is 13.5. The number of carbonyl (C=O) groups excluding carboxylic acids is 2. The largest absolute Gasteiger partial charge is 0.466 e. The second-order valence-corrected chi connectivity index (χ2v) is 9.86. The predicted octanol–water partition coefficient (Wildman–Crippen LogP) is 3.30. The summed E-state index contributed by atoms with van der Waals surface area (Å²) in [6.45, 7) is 6.46. The van der Waals surface area contributed by atoms with Crippen LogP contribution in [0.15, 0.2) is 53.4 Å². The Morgan fingerprint density at radius 3 is 2.28 bits per heavy atom. The number of anilines is 1. The highest BCUT2D eigenvalue weighted by atomic mass is 32.2. The molecule has 2 aromatic carbocycles. The zero-order valence-electron chi connectivity index (χ0n) is 18.8. The monoisotopic (exact) mass is 458 g/mol. The van der Waals surface area contributed by atoms with Crippen molar-refractivity contribution >= 4 is 27.6 Å². The second kappa shape index (κ2) is 10.2. The fourth-order valence-corrected chi connectivity index (χ4v) is 5.19. The summed E-state index contributed by atoms with van der Waals surface area (Å²) in [5.41, 5.74) is 2.43. The van der Waals surface area contributed by atoms with Crippen molar-refractivity contribution in [2.24, 2.45) is 5.92 Å². The van der Waals surface area contributed by atoms with Gasteiger partial charge in [0.15, 0.2) is 0 Å². The zero-order chi connectivity index (χ0) is 23.3. The highest BCUT2D eigenvalue weighted by molar-refractivity contribution is 7.92. The molecular formula is C24H30N2O5S. The molecule has 1 fully saturated rings. The average Bonchev–Trinajstić information content (AvgIpc) is 2.80. The Hall–Kier alpha value is -2.87. The molecule has 3 rings (SSSR count). The van der Waals surface area contributed by atoms with Crippen LogP contribution < -0.4 is 4.31 Å². The standard InChI is InChI=1S/C24H30N2O5S/c1-4-31-24(28)20-12-14-25(15-13-20)23(27)17-26(21-11-10-18(2)19(3)16-21)32(29,30)22-8-6-5-7-9-22/h5-11,16,20H,4,12-15,17H2,1-3H3. The number of hydrogen-bond donors (Lipinski definition) is 0. The molecule has 0 atom stereocenters. The van der Waals surface area contributed by atoms with Crippen molar-refractivity contribution in [2.45, 2.75) is 38.5 Å². The first-order chi connectivity index (χ1) is 15.2. The molecule has 0 aliphatic carbocycles. The number of sulfonamides is 1. The minimum Gasteiger partial charge on any atom is -0.466 e. The Morgan fingerprint density at radius 2 is 1.69 bits per heavy atom. The van der Waals surface area contributed by atoms with Gasteiger partial charge in [-0.25, -0.2) is 8.42 Å². The Morgan fingerprint density at radius 1 is 1.03 bits per heavy atom. The van der Waals surface area contributed by atoms with Gasteiger partial charge >= 0.3 is 5.97 Å². The minimum atomic E-state index is -3.94. The van der Waals surface area contributed by atoms with Gasteiger partial charge in [-0.05, 0) is 69.0 Å². The molecule has 0 N–H and O–H groups in total. The average molecular weight is 459 g/mol. The SMILES string of the molecule is CCOC(=O)C1CCN(C(=O)CN(c2ccc(C)c(C)c2)S(=O)(=O)c2ccccc2)CC1. The lowest BCUT2D eigenvalue weighted by molar-refractivity contribution is -0.151. The van der Waals surface area contributed by atoms with Crippen molar-refractivity contribution in [3.63, 3.8) is 0 Å². The van der Waals surface area contributed by atoms with E-state index in [4.69, 9.17) is 4.74 Å². The zero-order valence-corrected chi connectivity index (χ0v) is 19.6. The van der Waals surface area contributed by atoms with E-state index in [0.29, 0.717) is 38.2 Å². The fourth-order valence-electron chi connectivity index (χ4n) is 3.76. The smallest absolute Gasteiger partial charge is 0.309 e. The molecule has 1 aliphatic heterocycles. The van der Waals surface area contributed by atoms with E-state index in [1.807, 2.05) is 19.9 Å².